The summed E-state index contributed by atoms with van der Waals surface area (Å²) in [5, 5.41) is 11.2. The van der Waals surface area contributed by atoms with Crippen LogP contribution in [0.15, 0.2) is 164 Å². The van der Waals surface area contributed by atoms with Gasteiger partial charge in [0.2, 0.25) is 0 Å². The highest BCUT2D eigenvalue weighted by molar-refractivity contribution is 7.26. The molecule has 0 aliphatic heterocycles. The number of benzene rings is 7. The van der Waals surface area contributed by atoms with Gasteiger partial charge in [0, 0.05) is 68.0 Å². The summed E-state index contributed by atoms with van der Waals surface area (Å²) in [5.41, 5.74) is 6.88. The van der Waals surface area contributed by atoms with Crippen LogP contribution < -0.4 is 0 Å². The van der Waals surface area contributed by atoms with Gasteiger partial charge in [0.15, 0.2) is 17.5 Å². The van der Waals surface area contributed by atoms with Gasteiger partial charge in [-0.2, -0.15) is 5.10 Å². The van der Waals surface area contributed by atoms with E-state index in [1.165, 1.54) is 40.3 Å². The van der Waals surface area contributed by atoms with E-state index >= 15 is 0 Å². The lowest BCUT2D eigenvalue weighted by Crippen LogP contribution is -2.00. The lowest BCUT2D eigenvalue weighted by Gasteiger charge is -2.10. The number of nitrogens with zero attached hydrogens (tertiary/aromatic N) is 5. The lowest BCUT2D eigenvalue weighted by atomic mass is 10.0. The second-order valence-electron chi connectivity index (χ2n) is 13.1. The standard InChI is InChI=1S/C46H27N5S2/c1-2-15-30(16-3-1)51-38-24-7-4-19-35(38)41(50-51)28-13-10-14-29(27-28)44-47-45(36-22-11-20-33-31-17-5-8-25-39(31)52-42(33)36)49-46(48-44)37-23-12-21-34-32-18-6-9-26-40(32)53-43(34)37/h1-27H. The van der Waals surface area contributed by atoms with Crippen LogP contribution in [0.2, 0.25) is 0 Å². The maximum Gasteiger partial charge on any atom is 0.165 e. The molecular weight excluding hydrogens is 687 g/mol. The molecule has 7 heteroatoms. The predicted molar refractivity (Wildman–Crippen MR) is 222 cm³/mol. The quantitative estimate of drug-likeness (QED) is 0.178. The lowest BCUT2D eigenvalue weighted by molar-refractivity contribution is 0.915. The van der Waals surface area contributed by atoms with E-state index in [1.807, 2.05) is 22.9 Å². The van der Waals surface area contributed by atoms with Gasteiger partial charge in [0.05, 0.1) is 11.2 Å². The summed E-state index contributed by atoms with van der Waals surface area (Å²) in [5.74, 6) is 1.93. The van der Waals surface area contributed by atoms with Crippen molar-refractivity contribution < 1.29 is 0 Å². The average molecular weight is 714 g/mol. The Kier molecular flexibility index (Phi) is 6.83. The van der Waals surface area contributed by atoms with Gasteiger partial charge in [-0.1, -0.05) is 115 Å². The first kappa shape index (κ1) is 30.1. The van der Waals surface area contributed by atoms with Gasteiger partial charge in [0.1, 0.15) is 5.69 Å². The second kappa shape index (κ2) is 12.0. The fraction of sp³-hybridized carbons (Fsp3) is 0. The summed E-state index contributed by atoms with van der Waals surface area (Å²) >= 11 is 3.57. The van der Waals surface area contributed by atoms with Crippen LogP contribution in [-0.2, 0) is 0 Å². The van der Waals surface area contributed by atoms with Gasteiger partial charge in [-0.3, -0.25) is 0 Å². The van der Waals surface area contributed by atoms with Crippen LogP contribution in [-0.4, -0.2) is 24.7 Å². The molecule has 0 unspecified atom stereocenters. The topological polar surface area (TPSA) is 56.5 Å². The predicted octanol–water partition coefficient (Wildman–Crippen LogP) is 12.6. The van der Waals surface area contributed by atoms with Crippen LogP contribution in [0.1, 0.15) is 0 Å². The molecule has 0 aliphatic rings. The van der Waals surface area contributed by atoms with Crippen LogP contribution in [0.5, 0.6) is 0 Å². The number of aromatic nitrogens is 5. The maximum atomic E-state index is 5.27. The van der Waals surface area contributed by atoms with Crippen LogP contribution in [0, 0.1) is 0 Å². The molecule has 0 fully saturated rings. The number of para-hydroxylation sites is 2. The molecule has 0 spiro atoms. The van der Waals surface area contributed by atoms with Gasteiger partial charge in [-0.25, -0.2) is 19.6 Å². The molecule has 0 N–H and O–H groups in total. The summed E-state index contributed by atoms with van der Waals surface area (Å²) in [4.78, 5) is 15.8. The van der Waals surface area contributed by atoms with Crippen molar-refractivity contribution in [1.82, 2.24) is 24.7 Å². The van der Waals surface area contributed by atoms with Gasteiger partial charge in [-0.15, -0.1) is 22.7 Å². The zero-order valence-electron chi connectivity index (χ0n) is 28.1. The van der Waals surface area contributed by atoms with E-state index in [0.717, 1.165) is 44.5 Å². The molecule has 0 radical (unpaired) electrons. The van der Waals surface area contributed by atoms with Crippen LogP contribution in [0.4, 0.5) is 0 Å². The van der Waals surface area contributed by atoms with Gasteiger partial charge >= 0.3 is 0 Å². The zero-order valence-corrected chi connectivity index (χ0v) is 29.8. The summed E-state index contributed by atoms with van der Waals surface area (Å²) < 4.78 is 6.85. The van der Waals surface area contributed by atoms with E-state index in [-0.39, 0.29) is 0 Å². The Morgan fingerprint density at radius 1 is 0.396 bits per heavy atom. The Morgan fingerprint density at radius 2 is 0.906 bits per heavy atom. The fourth-order valence-electron chi connectivity index (χ4n) is 7.44. The minimum Gasteiger partial charge on any atom is -0.232 e. The summed E-state index contributed by atoms with van der Waals surface area (Å²) in [6.45, 7) is 0. The number of hydrogen-bond acceptors (Lipinski definition) is 6. The monoisotopic (exact) mass is 713 g/mol. The van der Waals surface area contributed by atoms with Gasteiger partial charge < -0.3 is 0 Å². The van der Waals surface area contributed by atoms with E-state index in [0.29, 0.717) is 17.5 Å². The molecule has 0 saturated heterocycles. The van der Waals surface area contributed by atoms with Crippen molar-refractivity contribution in [2.45, 2.75) is 0 Å². The Hall–Kier alpha value is -6.54. The van der Waals surface area contributed by atoms with E-state index in [1.54, 1.807) is 22.7 Å². The molecule has 53 heavy (non-hydrogen) atoms. The summed E-state index contributed by atoms with van der Waals surface area (Å²) in [6.07, 6.45) is 0. The van der Waals surface area contributed by atoms with Crippen molar-refractivity contribution >= 4 is 73.9 Å². The highest BCUT2D eigenvalue weighted by Gasteiger charge is 2.20. The summed E-state index contributed by atoms with van der Waals surface area (Å²) in [7, 11) is 0. The zero-order chi connectivity index (χ0) is 34.9. The van der Waals surface area contributed by atoms with Crippen molar-refractivity contribution in [3.8, 4) is 51.1 Å². The van der Waals surface area contributed by atoms with Crippen molar-refractivity contribution in [1.29, 1.82) is 0 Å². The molecule has 11 aromatic rings. The van der Waals surface area contributed by atoms with Gasteiger partial charge in [-0.05, 0) is 48.5 Å². The van der Waals surface area contributed by atoms with Crippen molar-refractivity contribution in [2.75, 3.05) is 0 Å². The maximum absolute atomic E-state index is 5.27. The third-order valence-electron chi connectivity index (χ3n) is 9.91. The van der Waals surface area contributed by atoms with Crippen molar-refractivity contribution in [2.24, 2.45) is 0 Å². The highest BCUT2D eigenvalue weighted by atomic mass is 32.1. The molecule has 0 bridgehead atoms. The number of fused-ring (bicyclic) bond motifs is 7. The highest BCUT2D eigenvalue weighted by Crippen LogP contribution is 2.42. The van der Waals surface area contributed by atoms with Crippen LogP contribution in [0.25, 0.3) is 102 Å². The summed E-state index contributed by atoms with van der Waals surface area (Å²) in [6, 6.07) is 57.2. The smallest absolute Gasteiger partial charge is 0.165 e. The van der Waals surface area contributed by atoms with Gasteiger partial charge in [0.25, 0.3) is 0 Å². The molecule has 0 amide bonds. The molecule has 7 aromatic carbocycles. The largest absolute Gasteiger partial charge is 0.232 e. The van der Waals surface area contributed by atoms with Crippen molar-refractivity contribution in [3.05, 3.63) is 164 Å². The van der Waals surface area contributed by atoms with E-state index in [2.05, 4.69) is 146 Å². The van der Waals surface area contributed by atoms with Crippen LogP contribution in [0.3, 0.4) is 0 Å². The SMILES string of the molecule is c1ccc(-n2nc(-c3cccc(-c4nc(-c5cccc6c5sc5ccccc56)nc(-c5cccc6c5sc5ccccc56)n4)c3)c3ccccc32)cc1. The average Bonchev–Trinajstić information content (AvgIpc) is 3.93. The molecule has 248 valence electrons. The molecule has 5 nitrogen and oxygen atoms in total. The van der Waals surface area contributed by atoms with E-state index in [4.69, 9.17) is 20.1 Å². The molecule has 4 heterocycles. The second-order valence-corrected chi connectivity index (χ2v) is 15.2. The third kappa shape index (κ3) is 4.89. The molecule has 0 saturated carbocycles. The minimum absolute atomic E-state index is 0.620. The number of hydrogen-bond donors (Lipinski definition) is 0. The van der Waals surface area contributed by atoms with Crippen molar-refractivity contribution in [3.63, 3.8) is 0 Å². The van der Waals surface area contributed by atoms with Crippen LogP contribution >= 0.6 is 22.7 Å². The Labute approximate surface area is 312 Å². The Bertz CT molecular complexity index is 3060. The van der Waals surface area contributed by atoms with E-state index in [9.17, 15) is 0 Å². The fourth-order valence-corrected chi connectivity index (χ4v) is 9.87. The first-order valence-electron chi connectivity index (χ1n) is 17.5. The first-order valence-corrected chi connectivity index (χ1v) is 19.1. The number of thiophene rings is 2. The molecule has 0 aliphatic carbocycles. The minimum atomic E-state index is 0.620. The molecular formula is C46H27N5S2. The Balaban J connectivity index is 1.14. The Morgan fingerprint density at radius 3 is 1.57 bits per heavy atom. The molecule has 11 rings (SSSR count). The number of rotatable bonds is 5. The first-order chi connectivity index (χ1) is 26.3. The molecule has 0 atom stereocenters. The third-order valence-corrected chi connectivity index (χ3v) is 12.3. The normalized spacial score (nSPS) is 11.8. The van der Waals surface area contributed by atoms with E-state index < -0.39 is 0 Å². The molecule has 4 aromatic heterocycles.